The third kappa shape index (κ3) is 3.24. The third-order valence-corrected chi connectivity index (χ3v) is 5.26. The van der Waals surface area contributed by atoms with E-state index in [4.69, 9.17) is 5.73 Å². The Bertz CT molecular complexity index is 431. The van der Waals surface area contributed by atoms with Gasteiger partial charge in [0.2, 0.25) is 0 Å². The summed E-state index contributed by atoms with van der Waals surface area (Å²) in [4.78, 5) is 2.39. The lowest BCUT2D eigenvalue weighted by atomic mass is 9.71. The van der Waals surface area contributed by atoms with E-state index < -0.39 is 0 Å². The molecular weight excluding hydrogens is 244 g/mol. The van der Waals surface area contributed by atoms with Crippen molar-refractivity contribution in [2.45, 2.75) is 57.5 Å². The Balaban J connectivity index is 2.13. The molecule has 1 fully saturated rings. The molecule has 0 spiro atoms. The van der Waals surface area contributed by atoms with Crippen molar-refractivity contribution in [3.8, 4) is 0 Å². The summed E-state index contributed by atoms with van der Waals surface area (Å²) in [5.74, 6) is 0.856. The molecule has 0 aromatic heterocycles. The summed E-state index contributed by atoms with van der Waals surface area (Å²) in [6.45, 7) is 4.52. The second-order valence-corrected chi connectivity index (χ2v) is 6.98. The van der Waals surface area contributed by atoms with Crippen molar-refractivity contribution in [3.05, 3.63) is 35.4 Å². The van der Waals surface area contributed by atoms with Gasteiger partial charge in [0, 0.05) is 11.6 Å². The molecule has 112 valence electrons. The number of rotatable bonds is 4. The number of nitrogens with two attached hydrogens (primary N) is 1. The van der Waals surface area contributed by atoms with Gasteiger partial charge in [-0.25, -0.2) is 0 Å². The molecule has 2 rings (SSSR count). The molecule has 0 amide bonds. The van der Waals surface area contributed by atoms with Crippen LogP contribution in [0.1, 0.15) is 43.7 Å². The van der Waals surface area contributed by atoms with Crippen LogP contribution in [-0.2, 0) is 6.42 Å². The zero-order chi connectivity index (χ0) is 14.8. The topological polar surface area (TPSA) is 29.3 Å². The molecule has 2 heteroatoms. The van der Waals surface area contributed by atoms with Gasteiger partial charge in [-0.15, -0.1) is 0 Å². The van der Waals surface area contributed by atoms with Crippen molar-refractivity contribution in [2.75, 3.05) is 14.1 Å². The summed E-state index contributed by atoms with van der Waals surface area (Å²) in [6, 6.07) is 8.99. The molecule has 20 heavy (non-hydrogen) atoms. The highest BCUT2D eigenvalue weighted by Crippen LogP contribution is 2.38. The Morgan fingerprint density at radius 2 is 1.95 bits per heavy atom. The maximum absolute atomic E-state index is 6.67. The van der Waals surface area contributed by atoms with Gasteiger partial charge in [0.25, 0.3) is 0 Å². The largest absolute Gasteiger partial charge is 0.326 e. The lowest BCUT2D eigenvalue weighted by molar-refractivity contribution is 0.0568. The Hall–Kier alpha value is -0.860. The zero-order valence-corrected chi connectivity index (χ0v) is 13.5. The summed E-state index contributed by atoms with van der Waals surface area (Å²) < 4.78 is 0. The van der Waals surface area contributed by atoms with E-state index in [1.54, 1.807) is 0 Å². The average molecular weight is 274 g/mol. The van der Waals surface area contributed by atoms with Crippen LogP contribution in [0.15, 0.2) is 24.3 Å². The number of nitrogens with zero attached hydrogens (tertiary/aromatic N) is 1. The fourth-order valence-electron chi connectivity index (χ4n) is 3.69. The minimum atomic E-state index is 0.177. The first-order chi connectivity index (χ1) is 9.44. The number of likely N-dealkylation sites (N-methyl/N-ethyl adjacent to an activating group) is 1. The van der Waals surface area contributed by atoms with E-state index >= 15 is 0 Å². The molecule has 0 heterocycles. The Labute approximate surface area is 124 Å². The Morgan fingerprint density at radius 1 is 1.30 bits per heavy atom. The third-order valence-electron chi connectivity index (χ3n) is 5.26. The second kappa shape index (κ2) is 6.28. The fourth-order valence-corrected chi connectivity index (χ4v) is 3.69. The summed E-state index contributed by atoms with van der Waals surface area (Å²) in [5.41, 5.74) is 9.54. The highest BCUT2D eigenvalue weighted by atomic mass is 15.2. The van der Waals surface area contributed by atoms with E-state index in [-0.39, 0.29) is 11.6 Å². The molecule has 0 bridgehead atoms. The van der Waals surface area contributed by atoms with Crippen LogP contribution in [0, 0.1) is 12.8 Å². The van der Waals surface area contributed by atoms with Crippen LogP contribution >= 0.6 is 0 Å². The molecule has 0 radical (unpaired) electrons. The van der Waals surface area contributed by atoms with Crippen LogP contribution in [0.5, 0.6) is 0 Å². The predicted molar refractivity (Wildman–Crippen MR) is 86.9 cm³/mol. The van der Waals surface area contributed by atoms with Gasteiger partial charge < -0.3 is 10.6 Å². The van der Waals surface area contributed by atoms with Gasteiger partial charge in [-0.3, -0.25) is 0 Å². The number of aryl methyl sites for hydroxylation is 1. The van der Waals surface area contributed by atoms with Crippen molar-refractivity contribution >= 4 is 0 Å². The molecule has 0 saturated heterocycles. The second-order valence-electron chi connectivity index (χ2n) is 6.98. The van der Waals surface area contributed by atoms with Crippen molar-refractivity contribution < 1.29 is 0 Å². The average Bonchev–Trinajstić information content (AvgIpc) is 2.39. The van der Waals surface area contributed by atoms with E-state index in [2.05, 4.69) is 57.1 Å². The quantitative estimate of drug-likeness (QED) is 0.912. The first-order valence-corrected chi connectivity index (χ1v) is 7.92. The lowest BCUT2D eigenvalue weighted by Crippen LogP contribution is -2.59. The number of benzene rings is 1. The number of hydrogen-bond acceptors (Lipinski definition) is 2. The molecule has 1 saturated carbocycles. The first kappa shape index (κ1) is 15.5. The summed E-state index contributed by atoms with van der Waals surface area (Å²) in [6.07, 6.45) is 6.05. The van der Waals surface area contributed by atoms with Crippen molar-refractivity contribution in [1.82, 2.24) is 4.90 Å². The highest BCUT2D eigenvalue weighted by molar-refractivity contribution is 5.24. The van der Waals surface area contributed by atoms with Crippen LogP contribution in [0.25, 0.3) is 0 Å². The minimum Gasteiger partial charge on any atom is -0.326 e. The molecule has 0 aliphatic heterocycles. The van der Waals surface area contributed by atoms with Crippen LogP contribution < -0.4 is 5.73 Å². The summed E-state index contributed by atoms with van der Waals surface area (Å²) in [7, 11) is 4.40. The van der Waals surface area contributed by atoms with E-state index in [1.165, 1.54) is 36.8 Å². The molecule has 1 aliphatic rings. The predicted octanol–water partition coefficient (Wildman–Crippen LogP) is 3.38. The van der Waals surface area contributed by atoms with Crippen LogP contribution in [0.3, 0.4) is 0 Å². The molecule has 1 atom stereocenters. The van der Waals surface area contributed by atoms with Crippen LogP contribution in [0.2, 0.25) is 0 Å². The smallest absolute Gasteiger partial charge is 0.0357 e. The highest BCUT2D eigenvalue weighted by Gasteiger charge is 2.41. The monoisotopic (exact) mass is 274 g/mol. The van der Waals surface area contributed by atoms with Gasteiger partial charge in [-0.05, 0) is 64.6 Å². The molecule has 1 aliphatic carbocycles. The van der Waals surface area contributed by atoms with Crippen molar-refractivity contribution in [1.29, 1.82) is 0 Å². The normalized spacial score (nSPS) is 28.6. The number of hydrogen-bond donors (Lipinski definition) is 1. The Morgan fingerprint density at radius 3 is 2.50 bits per heavy atom. The van der Waals surface area contributed by atoms with E-state index in [0.717, 1.165) is 12.3 Å². The molecular formula is C18H30N2. The van der Waals surface area contributed by atoms with Crippen molar-refractivity contribution in [3.63, 3.8) is 0 Å². The van der Waals surface area contributed by atoms with E-state index in [1.807, 2.05) is 0 Å². The molecule has 1 aromatic rings. The SMILES string of the molecule is Cc1cccc(CC(N)C2(N(C)C)CCC(C)CC2)c1. The lowest BCUT2D eigenvalue weighted by Gasteiger charge is -2.48. The van der Waals surface area contributed by atoms with Gasteiger partial charge >= 0.3 is 0 Å². The molecule has 2 N–H and O–H groups in total. The summed E-state index contributed by atoms with van der Waals surface area (Å²) >= 11 is 0. The zero-order valence-electron chi connectivity index (χ0n) is 13.5. The standard InChI is InChI=1S/C18H30N2/c1-14-8-10-18(11-9-14,20(3)4)17(19)13-16-7-5-6-15(2)12-16/h5-7,12,14,17H,8-11,13,19H2,1-4H3. The van der Waals surface area contributed by atoms with Gasteiger partial charge in [-0.1, -0.05) is 36.8 Å². The van der Waals surface area contributed by atoms with E-state index in [9.17, 15) is 0 Å². The molecule has 2 nitrogen and oxygen atoms in total. The van der Waals surface area contributed by atoms with Gasteiger partial charge in [0.1, 0.15) is 0 Å². The Kier molecular flexibility index (Phi) is 4.87. The molecule has 1 aromatic carbocycles. The van der Waals surface area contributed by atoms with E-state index in [0.29, 0.717) is 0 Å². The van der Waals surface area contributed by atoms with Gasteiger partial charge in [-0.2, -0.15) is 0 Å². The van der Waals surface area contributed by atoms with Crippen molar-refractivity contribution in [2.24, 2.45) is 11.7 Å². The van der Waals surface area contributed by atoms with Gasteiger partial charge in [0.05, 0.1) is 0 Å². The van der Waals surface area contributed by atoms with Crippen LogP contribution in [0.4, 0.5) is 0 Å². The minimum absolute atomic E-state index is 0.177. The maximum Gasteiger partial charge on any atom is 0.0357 e. The van der Waals surface area contributed by atoms with Gasteiger partial charge in [0.15, 0.2) is 0 Å². The van der Waals surface area contributed by atoms with Crippen LogP contribution in [-0.4, -0.2) is 30.6 Å². The molecule has 1 unspecified atom stereocenters. The fraction of sp³-hybridized carbons (Fsp3) is 0.667. The first-order valence-electron chi connectivity index (χ1n) is 7.92. The maximum atomic E-state index is 6.67. The summed E-state index contributed by atoms with van der Waals surface area (Å²) in [5, 5.41) is 0.